The van der Waals surface area contributed by atoms with Gasteiger partial charge in [-0.05, 0) is 19.3 Å². The SMILES string of the molecule is CCCCCCCCCCCCCCCC(O)CN1CCN(CCSSCCN(CC(O)CCCCCCCCCCCCCCC)CC(O)CCCCCCCCCCCCCCC)CC1. The van der Waals surface area contributed by atoms with Crippen molar-refractivity contribution in [2.45, 2.75) is 309 Å². The fraction of sp³-hybridized carbons (Fsp3) is 1.00. The molecule has 0 aromatic heterocycles. The predicted octanol–water partition coefficient (Wildman–Crippen LogP) is 16.8. The van der Waals surface area contributed by atoms with Gasteiger partial charge in [0.1, 0.15) is 0 Å². The first-order valence-electron chi connectivity index (χ1n) is 30.4. The molecule has 1 rings (SSSR count). The molecule has 0 saturated carbocycles. The number of piperazine rings is 1. The third kappa shape index (κ3) is 47.2. The lowest BCUT2D eigenvalue weighted by atomic mass is 10.0. The van der Waals surface area contributed by atoms with Crippen molar-refractivity contribution in [3.05, 3.63) is 0 Å². The Morgan fingerprint density at radius 1 is 0.343 bits per heavy atom. The van der Waals surface area contributed by atoms with E-state index in [0.29, 0.717) is 13.1 Å². The van der Waals surface area contributed by atoms with Crippen LogP contribution in [0.4, 0.5) is 0 Å². The molecule has 0 radical (unpaired) electrons. The molecule has 1 aliphatic heterocycles. The molecule has 0 bridgehead atoms. The van der Waals surface area contributed by atoms with Crippen molar-refractivity contribution in [2.75, 3.05) is 70.4 Å². The second-order valence-corrected chi connectivity index (χ2v) is 24.3. The molecule has 1 saturated heterocycles. The first-order valence-corrected chi connectivity index (χ1v) is 32.9. The average molecular weight is 985 g/mol. The molecule has 0 aliphatic carbocycles. The van der Waals surface area contributed by atoms with Crippen molar-refractivity contribution >= 4 is 21.6 Å². The second kappa shape index (κ2) is 52.8. The summed E-state index contributed by atoms with van der Waals surface area (Å²) in [5.74, 6) is 2.17. The van der Waals surface area contributed by atoms with Crippen LogP contribution in [-0.2, 0) is 0 Å². The number of aliphatic hydroxyl groups excluding tert-OH is 3. The molecule has 0 spiro atoms. The van der Waals surface area contributed by atoms with Crippen LogP contribution in [-0.4, -0.2) is 119 Å². The summed E-state index contributed by atoms with van der Waals surface area (Å²) in [6.45, 7) is 15.5. The van der Waals surface area contributed by atoms with E-state index >= 15 is 0 Å². The Bertz CT molecular complexity index is 906. The number of hydrogen-bond acceptors (Lipinski definition) is 8. The molecule has 0 aromatic carbocycles. The first kappa shape index (κ1) is 65.5. The summed E-state index contributed by atoms with van der Waals surface area (Å²) in [6, 6.07) is 0. The minimum Gasteiger partial charge on any atom is -0.392 e. The van der Waals surface area contributed by atoms with Gasteiger partial charge in [-0.3, -0.25) is 14.7 Å². The first-order chi connectivity index (χ1) is 33.0. The normalized spacial score (nSPS) is 15.3. The number of nitrogens with zero attached hydrogens (tertiary/aromatic N) is 3. The van der Waals surface area contributed by atoms with Crippen molar-refractivity contribution in [3.63, 3.8) is 0 Å². The zero-order chi connectivity index (χ0) is 48.4. The summed E-state index contributed by atoms with van der Waals surface area (Å²) >= 11 is 0. The molecule has 3 N–H and O–H groups in total. The van der Waals surface area contributed by atoms with Crippen LogP contribution in [0.15, 0.2) is 0 Å². The van der Waals surface area contributed by atoms with Crippen LogP contribution in [0, 0.1) is 0 Å². The van der Waals surface area contributed by atoms with Crippen molar-refractivity contribution in [3.8, 4) is 0 Å². The Labute approximate surface area is 428 Å². The maximum atomic E-state index is 11.1. The molecule has 0 aromatic rings. The number of unbranched alkanes of at least 4 members (excludes halogenated alkanes) is 36. The average Bonchev–Trinajstić information content (AvgIpc) is 3.32. The van der Waals surface area contributed by atoms with Gasteiger partial charge in [0.25, 0.3) is 0 Å². The molecule has 67 heavy (non-hydrogen) atoms. The molecule has 1 heterocycles. The summed E-state index contributed by atoms with van der Waals surface area (Å²) in [5, 5.41) is 33.0. The third-order valence-electron chi connectivity index (χ3n) is 14.9. The zero-order valence-electron chi connectivity index (χ0n) is 45.7. The molecule has 1 aliphatic rings. The minimum atomic E-state index is -0.298. The monoisotopic (exact) mass is 984 g/mol. The summed E-state index contributed by atoms with van der Waals surface area (Å²) < 4.78 is 0. The molecule has 3 atom stereocenters. The lowest BCUT2D eigenvalue weighted by molar-refractivity contribution is 0.0639. The highest BCUT2D eigenvalue weighted by molar-refractivity contribution is 8.76. The topological polar surface area (TPSA) is 70.4 Å². The lowest BCUT2D eigenvalue weighted by Gasteiger charge is -2.35. The van der Waals surface area contributed by atoms with Gasteiger partial charge in [-0.25, -0.2) is 0 Å². The van der Waals surface area contributed by atoms with Gasteiger partial charge < -0.3 is 15.3 Å². The van der Waals surface area contributed by atoms with Crippen molar-refractivity contribution in [2.24, 2.45) is 0 Å². The van der Waals surface area contributed by atoms with Crippen LogP contribution in [0.1, 0.15) is 290 Å². The van der Waals surface area contributed by atoms with E-state index in [0.717, 1.165) is 89.4 Å². The second-order valence-electron chi connectivity index (χ2n) is 21.6. The van der Waals surface area contributed by atoms with Crippen molar-refractivity contribution in [1.82, 2.24) is 14.7 Å². The van der Waals surface area contributed by atoms with Gasteiger partial charge in [0.15, 0.2) is 0 Å². The van der Waals surface area contributed by atoms with Crippen LogP contribution in [0.3, 0.4) is 0 Å². The van der Waals surface area contributed by atoms with Gasteiger partial charge in [-0.1, -0.05) is 293 Å². The fourth-order valence-corrected chi connectivity index (χ4v) is 12.3. The predicted molar refractivity (Wildman–Crippen MR) is 303 cm³/mol. The maximum absolute atomic E-state index is 11.1. The number of rotatable bonds is 55. The van der Waals surface area contributed by atoms with Crippen molar-refractivity contribution in [1.29, 1.82) is 0 Å². The Balaban J connectivity index is 2.24. The highest BCUT2D eigenvalue weighted by atomic mass is 33.1. The van der Waals surface area contributed by atoms with E-state index in [1.807, 2.05) is 21.6 Å². The van der Waals surface area contributed by atoms with Gasteiger partial charge in [-0.15, -0.1) is 0 Å². The quantitative estimate of drug-likeness (QED) is 0.0411. The molecule has 8 heteroatoms. The van der Waals surface area contributed by atoms with E-state index < -0.39 is 0 Å². The Kier molecular flexibility index (Phi) is 51.6. The molecule has 1 fully saturated rings. The Morgan fingerprint density at radius 2 is 0.612 bits per heavy atom. The van der Waals surface area contributed by atoms with E-state index in [1.54, 1.807) is 0 Å². The van der Waals surface area contributed by atoms with E-state index in [9.17, 15) is 15.3 Å². The molecule has 3 unspecified atom stereocenters. The molecular formula is C59H121N3O3S2. The molecule has 6 nitrogen and oxygen atoms in total. The number of hydrogen-bond donors (Lipinski definition) is 3. The van der Waals surface area contributed by atoms with Gasteiger partial charge in [0.2, 0.25) is 0 Å². The zero-order valence-corrected chi connectivity index (χ0v) is 47.3. The molecular weight excluding hydrogens is 863 g/mol. The maximum Gasteiger partial charge on any atom is 0.0667 e. The van der Waals surface area contributed by atoms with Gasteiger partial charge in [0, 0.05) is 70.4 Å². The fourth-order valence-electron chi connectivity index (χ4n) is 10.3. The summed E-state index contributed by atoms with van der Waals surface area (Å²) in [5.41, 5.74) is 0. The van der Waals surface area contributed by atoms with Crippen LogP contribution < -0.4 is 0 Å². The smallest absolute Gasteiger partial charge is 0.0667 e. The van der Waals surface area contributed by atoms with E-state index in [2.05, 4.69) is 35.5 Å². The molecule has 402 valence electrons. The Hall–Kier alpha value is 0.460. The molecule has 0 amide bonds. The number of β-amino-alcohol motifs (C(OH)–C–C–N with tert-alkyl or cyclic N) is 1. The highest BCUT2D eigenvalue weighted by Gasteiger charge is 2.20. The van der Waals surface area contributed by atoms with Gasteiger partial charge >= 0.3 is 0 Å². The Morgan fingerprint density at radius 3 is 0.940 bits per heavy atom. The third-order valence-corrected chi connectivity index (χ3v) is 17.2. The lowest BCUT2D eigenvalue weighted by Crippen LogP contribution is -2.48. The van der Waals surface area contributed by atoms with Crippen LogP contribution in [0.5, 0.6) is 0 Å². The minimum absolute atomic E-state index is 0.175. The van der Waals surface area contributed by atoms with Crippen LogP contribution >= 0.6 is 21.6 Å². The van der Waals surface area contributed by atoms with Crippen LogP contribution in [0.2, 0.25) is 0 Å². The van der Waals surface area contributed by atoms with Crippen molar-refractivity contribution < 1.29 is 15.3 Å². The standard InChI is InChI=1S/C59H121N3O3S2/c1-4-7-10-13-16-19-22-25-28-31-34-37-40-43-57(63)54-61-48-46-60(47-49-61)50-52-66-67-53-51-62(55-58(64)44-41-38-35-32-29-26-23-20-17-14-11-8-5-2)56-59(65)45-42-39-36-33-30-27-24-21-18-15-12-9-6-3/h57-59,63-65H,4-56H2,1-3H3. The summed E-state index contributed by atoms with van der Waals surface area (Å²) in [7, 11) is 3.96. The largest absolute Gasteiger partial charge is 0.392 e. The van der Waals surface area contributed by atoms with E-state index in [4.69, 9.17) is 0 Å². The van der Waals surface area contributed by atoms with Crippen LogP contribution in [0.25, 0.3) is 0 Å². The van der Waals surface area contributed by atoms with E-state index in [1.165, 1.54) is 238 Å². The van der Waals surface area contributed by atoms with E-state index in [-0.39, 0.29) is 18.3 Å². The van der Waals surface area contributed by atoms with Gasteiger partial charge in [0.05, 0.1) is 18.3 Å². The summed E-state index contributed by atoms with van der Waals surface area (Å²) in [6.07, 6.45) is 55.0. The highest BCUT2D eigenvalue weighted by Crippen LogP contribution is 2.23. The number of aliphatic hydroxyl groups is 3. The summed E-state index contributed by atoms with van der Waals surface area (Å²) in [4.78, 5) is 7.47. The van der Waals surface area contributed by atoms with Gasteiger partial charge in [-0.2, -0.15) is 0 Å².